The molecule has 0 amide bonds. The van der Waals surface area contributed by atoms with E-state index in [1.165, 1.54) is 29.0 Å². The largest absolute Gasteiger partial charge is 2.00 e. The number of nitrogens with one attached hydrogen (secondary N) is 1. The van der Waals surface area contributed by atoms with Gasteiger partial charge >= 0.3 is 31.1 Å². The summed E-state index contributed by atoms with van der Waals surface area (Å²) >= 11 is 0. The van der Waals surface area contributed by atoms with Crippen LogP contribution in [0, 0.1) is 51.2 Å². The molecular weight excluding hydrogens is 492 g/mol. The van der Waals surface area contributed by atoms with Crippen LogP contribution in [0.5, 0.6) is 0 Å². The first kappa shape index (κ1) is 26.4. The second-order valence-electron chi connectivity index (χ2n) is 5.02. The first-order chi connectivity index (χ1) is 9.93. The quantitative estimate of drug-likeness (QED) is 0.345. The molecule has 1 aliphatic rings. The minimum absolute atomic E-state index is 0. The smallest absolute Gasteiger partial charge is 0.394 e. The number of rotatable bonds is 1. The molecular formula is C20H33NU. The van der Waals surface area contributed by atoms with Gasteiger partial charge < -0.3 is 30.6 Å². The zero-order chi connectivity index (χ0) is 17.1. The van der Waals surface area contributed by atoms with Gasteiger partial charge in [0.25, 0.3) is 0 Å². The SMILES string of the molecule is CC.CC.Cc1ccc2c(c1)C(C)(C)C(C)N2.[CH-]=CC=[CH-].[U+2]. The summed E-state index contributed by atoms with van der Waals surface area (Å²) in [6.07, 6.45) is 2.56. The molecule has 1 aromatic rings. The molecule has 1 aliphatic heterocycles. The van der Waals surface area contributed by atoms with Crippen LogP contribution in [-0.4, -0.2) is 6.04 Å². The van der Waals surface area contributed by atoms with E-state index in [4.69, 9.17) is 13.2 Å². The maximum atomic E-state index is 4.72. The Bertz CT molecular complexity index is 416. The van der Waals surface area contributed by atoms with Crippen molar-refractivity contribution in [2.45, 2.75) is 66.8 Å². The zero-order valence-electron chi connectivity index (χ0n) is 15.6. The third kappa shape index (κ3) is 7.71. The topological polar surface area (TPSA) is 12.0 Å². The first-order valence-corrected chi connectivity index (χ1v) is 7.89. The minimum atomic E-state index is 0. The van der Waals surface area contributed by atoms with Crippen LogP contribution in [0.15, 0.2) is 30.4 Å². The van der Waals surface area contributed by atoms with Crippen molar-refractivity contribution in [3.63, 3.8) is 0 Å². The van der Waals surface area contributed by atoms with Crippen LogP contribution in [0.4, 0.5) is 5.69 Å². The summed E-state index contributed by atoms with van der Waals surface area (Å²) in [5, 5.41) is 3.51. The molecule has 1 N–H and O–H groups in total. The van der Waals surface area contributed by atoms with Gasteiger partial charge in [0, 0.05) is 17.1 Å². The van der Waals surface area contributed by atoms with Crippen molar-refractivity contribution in [3.05, 3.63) is 54.6 Å². The van der Waals surface area contributed by atoms with Crippen LogP contribution < -0.4 is 5.32 Å². The van der Waals surface area contributed by atoms with Crippen molar-refractivity contribution in [1.82, 2.24) is 0 Å². The number of benzene rings is 1. The second kappa shape index (κ2) is 14.2. The van der Waals surface area contributed by atoms with Crippen molar-refractivity contribution < 1.29 is 31.1 Å². The molecule has 0 aromatic heterocycles. The summed E-state index contributed by atoms with van der Waals surface area (Å²) in [6.45, 7) is 26.4. The van der Waals surface area contributed by atoms with Crippen molar-refractivity contribution in [1.29, 1.82) is 0 Å². The van der Waals surface area contributed by atoms with Gasteiger partial charge in [0.05, 0.1) is 0 Å². The number of anilines is 1. The van der Waals surface area contributed by atoms with Crippen molar-refractivity contribution in [3.8, 4) is 0 Å². The molecule has 1 heterocycles. The number of aryl methyl sites for hydroxylation is 1. The van der Waals surface area contributed by atoms with Gasteiger partial charge in [-0.15, -0.1) is 0 Å². The number of fused-ring (bicyclic) bond motifs is 1. The second-order valence-corrected chi connectivity index (χ2v) is 5.02. The third-order valence-electron chi connectivity index (χ3n) is 3.43. The maximum absolute atomic E-state index is 4.72. The molecule has 2 heteroatoms. The molecule has 0 fully saturated rings. The van der Waals surface area contributed by atoms with Crippen molar-refractivity contribution >= 4 is 5.69 Å². The Labute approximate surface area is 163 Å². The van der Waals surface area contributed by atoms with Gasteiger partial charge in [-0.3, -0.25) is 0 Å². The molecule has 1 unspecified atom stereocenters. The van der Waals surface area contributed by atoms with Gasteiger partial charge in [0.1, 0.15) is 0 Å². The predicted molar refractivity (Wildman–Crippen MR) is 97.7 cm³/mol. The fraction of sp³-hybridized carbons (Fsp3) is 0.500. The van der Waals surface area contributed by atoms with E-state index in [-0.39, 0.29) is 36.5 Å². The molecule has 22 heavy (non-hydrogen) atoms. The van der Waals surface area contributed by atoms with Gasteiger partial charge in [-0.2, -0.15) is 0 Å². The molecule has 1 aromatic carbocycles. The Morgan fingerprint density at radius 3 is 1.91 bits per heavy atom. The van der Waals surface area contributed by atoms with E-state index in [0.717, 1.165) is 0 Å². The Morgan fingerprint density at radius 2 is 1.50 bits per heavy atom. The molecule has 1 nitrogen and oxygen atoms in total. The van der Waals surface area contributed by atoms with E-state index >= 15 is 0 Å². The Morgan fingerprint density at radius 1 is 1.05 bits per heavy atom. The Balaban J connectivity index is -0.000000346. The summed E-state index contributed by atoms with van der Waals surface area (Å²) in [5.74, 6) is 0. The number of hydrogen-bond donors (Lipinski definition) is 1. The summed E-state index contributed by atoms with van der Waals surface area (Å²) in [5.41, 5.74) is 4.38. The fourth-order valence-corrected chi connectivity index (χ4v) is 1.96. The molecule has 1 atom stereocenters. The third-order valence-corrected chi connectivity index (χ3v) is 3.43. The van der Waals surface area contributed by atoms with E-state index in [1.807, 2.05) is 27.7 Å². The molecule has 122 valence electrons. The van der Waals surface area contributed by atoms with E-state index < -0.39 is 0 Å². The Hall–Kier alpha value is -0.448. The minimum Gasteiger partial charge on any atom is -0.394 e. The molecule has 0 bridgehead atoms. The molecule has 2 rings (SSSR count). The summed E-state index contributed by atoms with van der Waals surface area (Å²) in [4.78, 5) is 0. The molecule has 0 saturated heterocycles. The van der Waals surface area contributed by atoms with Crippen LogP contribution in [0.1, 0.15) is 59.6 Å². The summed E-state index contributed by atoms with van der Waals surface area (Å²) in [7, 11) is 0. The Kier molecular flexibility index (Phi) is 17.0. The van der Waals surface area contributed by atoms with E-state index in [1.54, 1.807) is 0 Å². The maximum Gasteiger partial charge on any atom is 2.00 e. The van der Waals surface area contributed by atoms with E-state index in [0.29, 0.717) is 6.04 Å². The average Bonchev–Trinajstić information content (AvgIpc) is 2.74. The van der Waals surface area contributed by atoms with Crippen molar-refractivity contribution in [2.75, 3.05) is 5.32 Å². The first-order valence-electron chi connectivity index (χ1n) is 7.89. The van der Waals surface area contributed by atoms with Crippen LogP contribution in [0.3, 0.4) is 0 Å². The summed E-state index contributed by atoms with van der Waals surface area (Å²) < 4.78 is 0. The number of allylic oxidation sites excluding steroid dienone is 2. The van der Waals surface area contributed by atoms with Crippen LogP contribution in [0.25, 0.3) is 0 Å². The van der Waals surface area contributed by atoms with Gasteiger partial charge in [-0.1, -0.05) is 59.2 Å². The van der Waals surface area contributed by atoms with Gasteiger partial charge in [-0.05, 0) is 25.5 Å². The molecule has 0 saturated carbocycles. The number of hydrogen-bond acceptors (Lipinski definition) is 1. The molecule has 0 spiro atoms. The average molecular weight is 526 g/mol. The van der Waals surface area contributed by atoms with Gasteiger partial charge in [0.2, 0.25) is 0 Å². The zero-order valence-corrected chi connectivity index (χ0v) is 19.8. The van der Waals surface area contributed by atoms with Crippen LogP contribution in [0.2, 0.25) is 0 Å². The normalized spacial score (nSPS) is 15.5. The van der Waals surface area contributed by atoms with Crippen molar-refractivity contribution in [2.24, 2.45) is 0 Å². The van der Waals surface area contributed by atoms with Gasteiger partial charge in [-0.25, -0.2) is 0 Å². The fourth-order valence-electron chi connectivity index (χ4n) is 1.96. The van der Waals surface area contributed by atoms with E-state index in [2.05, 4.69) is 51.2 Å². The monoisotopic (exact) mass is 525 g/mol. The standard InChI is InChI=1S/C12H17N.C4H4.2C2H6.U/c1-8-5-6-11-10(7-8)12(3,4)9(2)13-11;1-3-4-2;2*1-2;/h5-7,9,13H,1-4H3;1-4H;2*1-2H3;/q;-2;;;+2. The molecule has 0 aliphatic carbocycles. The van der Waals surface area contributed by atoms with Crippen LogP contribution >= 0.6 is 0 Å². The van der Waals surface area contributed by atoms with E-state index in [9.17, 15) is 0 Å². The summed E-state index contributed by atoms with van der Waals surface area (Å²) in [6, 6.07) is 7.19. The van der Waals surface area contributed by atoms with Gasteiger partial charge in [0.15, 0.2) is 0 Å². The van der Waals surface area contributed by atoms with Crippen LogP contribution in [-0.2, 0) is 5.41 Å². The predicted octanol–water partition coefficient (Wildman–Crippen LogP) is 6.10. The molecule has 0 radical (unpaired) electrons.